The Labute approximate surface area is 87.6 Å². The fraction of sp³-hybridized carbons (Fsp3) is 0.615. The molecule has 0 spiro atoms. The van der Waals surface area contributed by atoms with Gasteiger partial charge in [-0.15, -0.1) is 0 Å². The molecule has 0 saturated carbocycles. The third-order valence-electron chi connectivity index (χ3n) is 2.83. The summed E-state index contributed by atoms with van der Waals surface area (Å²) in [4.78, 5) is 4.63. The molecule has 1 rings (SSSR count). The number of pyridine rings is 1. The van der Waals surface area contributed by atoms with Crippen LogP contribution in [0.3, 0.4) is 0 Å². The van der Waals surface area contributed by atoms with Crippen LogP contribution in [0.1, 0.15) is 56.5 Å². The Balaban J connectivity index is 2.89. The molecule has 1 aromatic heterocycles. The Morgan fingerprint density at radius 3 is 2.50 bits per heavy atom. The minimum absolute atomic E-state index is 0.637. The van der Waals surface area contributed by atoms with E-state index >= 15 is 0 Å². The van der Waals surface area contributed by atoms with Gasteiger partial charge in [-0.05, 0) is 37.3 Å². The Hall–Kier alpha value is -0.850. The van der Waals surface area contributed by atoms with Crippen molar-refractivity contribution in [3.8, 4) is 0 Å². The Morgan fingerprint density at radius 1 is 1.29 bits per heavy atom. The summed E-state index contributed by atoms with van der Waals surface area (Å²) < 4.78 is 0. The van der Waals surface area contributed by atoms with Crippen molar-refractivity contribution in [2.24, 2.45) is 0 Å². The molecule has 1 heteroatoms. The highest BCUT2D eigenvalue weighted by molar-refractivity contribution is 5.25. The van der Waals surface area contributed by atoms with E-state index in [1.165, 1.54) is 29.8 Å². The molecule has 0 amide bonds. The van der Waals surface area contributed by atoms with Crippen LogP contribution in [0.15, 0.2) is 12.1 Å². The molecule has 0 aliphatic heterocycles. The van der Waals surface area contributed by atoms with Gasteiger partial charge in [0.2, 0.25) is 0 Å². The molecule has 0 saturated heterocycles. The molecule has 0 fully saturated rings. The lowest BCUT2D eigenvalue weighted by atomic mass is 9.97. The van der Waals surface area contributed by atoms with Crippen LogP contribution in [-0.4, -0.2) is 4.98 Å². The fourth-order valence-electron chi connectivity index (χ4n) is 1.76. The van der Waals surface area contributed by atoms with Crippen molar-refractivity contribution >= 4 is 0 Å². The quantitative estimate of drug-likeness (QED) is 0.704. The van der Waals surface area contributed by atoms with E-state index in [1.807, 2.05) is 0 Å². The summed E-state index contributed by atoms with van der Waals surface area (Å²) in [6.07, 6.45) is 3.46. The average Bonchev–Trinajstić information content (AvgIpc) is 2.17. The largest absolute Gasteiger partial charge is 0.258 e. The molecule has 0 aromatic carbocycles. The number of rotatable bonds is 4. The number of hydrogen-bond acceptors (Lipinski definition) is 1. The maximum Gasteiger partial charge on any atom is 0.0410 e. The number of hydrogen-bond donors (Lipinski definition) is 0. The van der Waals surface area contributed by atoms with Crippen molar-refractivity contribution < 1.29 is 0 Å². The highest BCUT2D eigenvalue weighted by atomic mass is 14.7. The van der Waals surface area contributed by atoms with Crippen LogP contribution < -0.4 is 0 Å². The summed E-state index contributed by atoms with van der Waals surface area (Å²) in [6, 6.07) is 4.43. The summed E-state index contributed by atoms with van der Waals surface area (Å²) in [5.74, 6) is 0.637. The maximum absolute atomic E-state index is 4.63. The molecule has 1 nitrogen and oxygen atoms in total. The van der Waals surface area contributed by atoms with Crippen molar-refractivity contribution in [2.75, 3.05) is 0 Å². The molecular weight excluding hydrogens is 170 g/mol. The predicted octanol–water partition coefficient (Wildman–Crippen LogP) is 3.86. The number of aryl methyl sites for hydroxylation is 2. The van der Waals surface area contributed by atoms with Crippen LogP contribution in [0, 0.1) is 6.92 Å². The van der Waals surface area contributed by atoms with Gasteiger partial charge in [-0.3, -0.25) is 4.98 Å². The first-order chi connectivity index (χ1) is 6.69. The predicted molar refractivity (Wildman–Crippen MR) is 61.7 cm³/mol. The van der Waals surface area contributed by atoms with Crippen LogP contribution in [0.4, 0.5) is 0 Å². The number of nitrogens with zero attached hydrogens (tertiary/aromatic N) is 1. The van der Waals surface area contributed by atoms with Crippen LogP contribution in [0.5, 0.6) is 0 Å². The smallest absolute Gasteiger partial charge is 0.0410 e. The first kappa shape index (κ1) is 11.2. The Kier molecular flexibility index (Phi) is 4.12. The zero-order valence-corrected chi connectivity index (χ0v) is 9.80. The van der Waals surface area contributed by atoms with E-state index in [0.717, 1.165) is 6.42 Å². The molecule has 1 heterocycles. The van der Waals surface area contributed by atoms with E-state index in [1.54, 1.807) is 0 Å². The van der Waals surface area contributed by atoms with Gasteiger partial charge in [0.05, 0.1) is 0 Å². The molecule has 1 unspecified atom stereocenters. The third-order valence-corrected chi connectivity index (χ3v) is 2.83. The first-order valence-corrected chi connectivity index (χ1v) is 5.65. The molecule has 0 radical (unpaired) electrons. The van der Waals surface area contributed by atoms with Crippen molar-refractivity contribution in [3.05, 3.63) is 29.1 Å². The zero-order chi connectivity index (χ0) is 10.6. The standard InChI is InChI=1S/C13H21N/c1-5-7-12-8-9-13(10(3)6-2)11(4)14-12/h8-10H,5-7H2,1-4H3. The van der Waals surface area contributed by atoms with Crippen molar-refractivity contribution in [1.29, 1.82) is 0 Å². The molecule has 1 atom stereocenters. The van der Waals surface area contributed by atoms with Crippen LogP contribution in [-0.2, 0) is 6.42 Å². The van der Waals surface area contributed by atoms with E-state index < -0.39 is 0 Å². The van der Waals surface area contributed by atoms with Gasteiger partial charge in [-0.2, -0.15) is 0 Å². The molecule has 78 valence electrons. The van der Waals surface area contributed by atoms with Gasteiger partial charge >= 0.3 is 0 Å². The van der Waals surface area contributed by atoms with E-state index in [0.29, 0.717) is 5.92 Å². The van der Waals surface area contributed by atoms with Gasteiger partial charge in [0.15, 0.2) is 0 Å². The summed E-state index contributed by atoms with van der Waals surface area (Å²) in [5.41, 5.74) is 3.86. The SMILES string of the molecule is CCCc1ccc(C(C)CC)c(C)n1. The summed E-state index contributed by atoms with van der Waals surface area (Å²) in [5, 5.41) is 0. The van der Waals surface area contributed by atoms with Crippen molar-refractivity contribution in [1.82, 2.24) is 4.98 Å². The monoisotopic (exact) mass is 191 g/mol. The Morgan fingerprint density at radius 2 is 2.00 bits per heavy atom. The Bertz CT molecular complexity index is 291. The van der Waals surface area contributed by atoms with Gasteiger partial charge < -0.3 is 0 Å². The highest BCUT2D eigenvalue weighted by Gasteiger charge is 2.07. The van der Waals surface area contributed by atoms with Crippen molar-refractivity contribution in [3.63, 3.8) is 0 Å². The molecule has 0 aliphatic carbocycles. The third kappa shape index (κ3) is 2.57. The molecule has 1 aromatic rings. The lowest BCUT2D eigenvalue weighted by Crippen LogP contribution is -2.00. The van der Waals surface area contributed by atoms with E-state index in [4.69, 9.17) is 0 Å². The molecule has 0 bridgehead atoms. The minimum atomic E-state index is 0.637. The lowest BCUT2D eigenvalue weighted by molar-refractivity contribution is 0.718. The van der Waals surface area contributed by atoms with Crippen LogP contribution in [0.25, 0.3) is 0 Å². The van der Waals surface area contributed by atoms with E-state index in [9.17, 15) is 0 Å². The number of aromatic nitrogens is 1. The summed E-state index contributed by atoms with van der Waals surface area (Å²) in [6.45, 7) is 8.81. The zero-order valence-electron chi connectivity index (χ0n) is 9.80. The normalized spacial score (nSPS) is 12.9. The van der Waals surface area contributed by atoms with Crippen molar-refractivity contribution in [2.45, 2.75) is 52.9 Å². The van der Waals surface area contributed by atoms with Gasteiger partial charge in [-0.1, -0.05) is 33.3 Å². The fourth-order valence-corrected chi connectivity index (χ4v) is 1.76. The van der Waals surface area contributed by atoms with Gasteiger partial charge in [0.1, 0.15) is 0 Å². The summed E-state index contributed by atoms with van der Waals surface area (Å²) >= 11 is 0. The van der Waals surface area contributed by atoms with Crippen LogP contribution >= 0.6 is 0 Å². The second kappa shape index (κ2) is 5.14. The second-order valence-corrected chi connectivity index (χ2v) is 4.04. The van der Waals surface area contributed by atoms with E-state index in [-0.39, 0.29) is 0 Å². The maximum atomic E-state index is 4.63. The first-order valence-electron chi connectivity index (χ1n) is 5.65. The van der Waals surface area contributed by atoms with Gasteiger partial charge in [0.25, 0.3) is 0 Å². The van der Waals surface area contributed by atoms with Gasteiger partial charge in [0, 0.05) is 11.4 Å². The molecular formula is C13H21N. The average molecular weight is 191 g/mol. The molecule has 0 N–H and O–H groups in total. The second-order valence-electron chi connectivity index (χ2n) is 4.04. The summed E-state index contributed by atoms with van der Waals surface area (Å²) in [7, 11) is 0. The van der Waals surface area contributed by atoms with Gasteiger partial charge in [-0.25, -0.2) is 0 Å². The lowest BCUT2D eigenvalue weighted by Gasteiger charge is -2.12. The minimum Gasteiger partial charge on any atom is -0.258 e. The van der Waals surface area contributed by atoms with E-state index in [2.05, 4.69) is 44.8 Å². The van der Waals surface area contributed by atoms with Crippen LogP contribution in [0.2, 0.25) is 0 Å². The topological polar surface area (TPSA) is 12.9 Å². The highest BCUT2D eigenvalue weighted by Crippen LogP contribution is 2.21. The molecule has 0 aliphatic rings. The molecule has 14 heavy (non-hydrogen) atoms.